The number of H-pyrrole nitrogens is 1. The number of pyridine rings is 1. The molecule has 0 radical (unpaired) electrons. The summed E-state index contributed by atoms with van der Waals surface area (Å²) in [5.74, 6) is 0. The average Bonchev–Trinajstić information content (AvgIpc) is 2.25. The van der Waals surface area contributed by atoms with Crippen molar-refractivity contribution in [1.29, 1.82) is 0 Å². The molecule has 15 heavy (non-hydrogen) atoms. The van der Waals surface area contributed by atoms with Crippen molar-refractivity contribution < 1.29 is 0 Å². The van der Waals surface area contributed by atoms with Gasteiger partial charge >= 0.3 is 0 Å². The van der Waals surface area contributed by atoms with E-state index in [1.54, 1.807) is 11.8 Å². The number of aryl methyl sites for hydroxylation is 1. The van der Waals surface area contributed by atoms with Crippen LogP contribution in [0.5, 0.6) is 0 Å². The Morgan fingerprint density at radius 3 is 2.80 bits per heavy atom. The number of hydrogen-bond acceptors (Lipinski definition) is 2. The van der Waals surface area contributed by atoms with Crippen LogP contribution < -0.4 is 5.43 Å². The fraction of sp³-hybridized carbons (Fsp3) is 0.182. The van der Waals surface area contributed by atoms with Crippen molar-refractivity contribution >= 4 is 38.6 Å². The topological polar surface area (TPSA) is 32.9 Å². The zero-order valence-electron chi connectivity index (χ0n) is 8.43. The van der Waals surface area contributed by atoms with E-state index in [9.17, 15) is 4.79 Å². The van der Waals surface area contributed by atoms with Crippen molar-refractivity contribution in [3.8, 4) is 0 Å². The van der Waals surface area contributed by atoms with Gasteiger partial charge in [-0.1, -0.05) is 6.07 Å². The third-order valence-electron chi connectivity index (χ3n) is 2.33. The predicted octanol–water partition coefficient (Wildman–Crippen LogP) is 3.32. The molecule has 0 atom stereocenters. The Morgan fingerprint density at radius 1 is 1.40 bits per heavy atom. The van der Waals surface area contributed by atoms with Crippen LogP contribution in [-0.4, -0.2) is 11.2 Å². The number of fused-ring (bicyclic) bond motifs is 1. The summed E-state index contributed by atoms with van der Waals surface area (Å²) in [6.07, 6.45) is 2.00. The van der Waals surface area contributed by atoms with E-state index < -0.39 is 0 Å². The largest absolute Gasteiger partial charge is 0.357 e. The Hall–Kier alpha value is -0.740. The number of benzene rings is 1. The summed E-state index contributed by atoms with van der Waals surface area (Å²) >= 11 is 4.93. The third kappa shape index (κ3) is 1.72. The van der Waals surface area contributed by atoms with E-state index in [0.717, 1.165) is 21.5 Å². The number of para-hydroxylation sites is 1. The van der Waals surface area contributed by atoms with Crippen LogP contribution in [0, 0.1) is 6.92 Å². The van der Waals surface area contributed by atoms with Crippen LogP contribution in [0.1, 0.15) is 5.69 Å². The Labute approximate surface area is 100 Å². The van der Waals surface area contributed by atoms with E-state index >= 15 is 0 Å². The summed E-state index contributed by atoms with van der Waals surface area (Å²) in [5, 5.41) is 0.735. The number of rotatable bonds is 1. The van der Waals surface area contributed by atoms with Gasteiger partial charge in [0.25, 0.3) is 0 Å². The Balaban J connectivity index is 2.98. The number of aromatic nitrogens is 1. The second kappa shape index (κ2) is 4.02. The summed E-state index contributed by atoms with van der Waals surface area (Å²) in [6.45, 7) is 1.89. The lowest BCUT2D eigenvalue weighted by Gasteiger charge is -2.06. The maximum absolute atomic E-state index is 11.9. The van der Waals surface area contributed by atoms with Gasteiger partial charge in [-0.2, -0.15) is 0 Å². The first-order chi connectivity index (χ1) is 7.15. The molecular weight excluding hydrogens is 274 g/mol. The molecule has 1 heterocycles. The standard InChI is InChI=1S/C11H10BrNOS/c1-6-9(12)11(14)7-4-3-5-8(15-2)10(7)13-6/h3-5H,1-2H3,(H,13,14). The minimum absolute atomic E-state index is 0.0529. The van der Waals surface area contributed by atoms with E-state index in [-0.39, 0.29) is 5.43 Å². The molecule has 0 aliphatic rings. The fourth-order valence-electron chi connectivity index (χ4n) is 1.55. The molecule has 4 heteroatoms. The normalized spacial score (nSPS) is 10.9. The molecule has 0 spiro atoms. The summed E-state index contributed by atoms with van der Waals surface area (Å²) in [7, 11) is 0. The van der Waals surface area contributed by atoms with Gasteiger partial charge in [0, 0.05) is 16.0 Å². The Bertz CT molecular complexity index is 577. The monoisotopic (exact) mass is 283 g/mol. The van der Waals surface area contributed by atoms with Crippen molar-refractivity contribution in [1.82, 2.24) is 4.98 Å². The molecule has 1 N–H and O–H groups in total. The number of thioether (sulfide) groups is 1. The first-order valence-corrected chi connectivity index (χ1v) is 6.52. The lowest BCUT2D eigenvalue weighted by atomic mass is 10.2. The zero-order valence-corrected chi connectivity index (χ0v) is 10.8. The molecule has 1 aromatic carbocycles. The smallest absolute Gasteiger partial charge is 0.203 e. The quantitative estimate of drug-likeness (QED) is 0.815. The number of aromatic amines is 1. The summed E-state index contributed by atoms with van der Waals surface area (Å²) < 4.78 is 0.619. The highest BCUT2D eigenvalue weighted by Crippen LogP contribution is 2.24. The van der Waals surface area contributed by atoms with Gasteiger partial charge in [-0.25, -0.2) is 0 Å². The lowest BCUT2D eigenvalue weighted by molar-refractivity contribution is 1.20. The second-order valence-electron chi connectivity index (χ2n) is 3.28. The van der Waals surface area contributed by atoms with Crippen LogP contribution in [0.2, 0.25) is 0 Å². The number of hydrogen-bond donors (Lipinski definition) is 1. The minimum Gasteiger partial charge on any atom is -0.357 e. The van der Waals surface area contributed by atoms with Gasteiger partial charge in [0.05, 0.1) is 9.99 Å². The number of halogens is 1. The molecule has 0 bridgehead atoms. The van der Waals surface area contributed by atoms with Gasteiger partial charge in [0.1, 0.15) is 0 Å². The highest BCUT2D eigenvalue weighted by Gasteiger charge is 2.08. The molecule has 0 saturated heterocycles. The SMILES string of the molecule is CSc1cccc2c(=O)c(Br)c(C)[nH]c12. The second-order valence-corrected chi connectivity index (χ2v) is 4.92. The summed E-state index contributed by atoms with van der Waals surface area (Å²) in [6, 6.07) is 5.76. The van der Waals surface area contributed by atoms with Gasteiger partial charge in [-0.3, -0.25) is 4.79 Å². The van der Waals surface area contributed by atoms with Crippen LogP contribution in [0.3, 0.4) is 0 Å². The molecule has 2 nitrogen and oxygen atoms in total. The van der Waals surface area contributed by atoms with E-state index in [0.29, 0.717) is 4.47 Å². The Morgan fingerprint density at radius 2 is 2.13 bits per heavy atom. The van der Waals surface area contributed by atoms with Gasteiger partial charge in [0.15, 0.2) is 0 Å². The van der Waals surface area contributed by atoms with Crippen LogP contribution >= 0.6 is 27.7 Å². The van der Waals surface area contributed by atoms with Crippen LogP contribution in [0.25, 0.3) is 10.9 Å². The van der Waals surface area contributed by atoms with Crippen LogP contribution in [0.15, 0.2) is 32.4 Å². The minimum atomic E-state index is 0.0529. The maximum Gasteiger partial charge on any atom is 0.203 e. The van der Waals surface area contributed by atoms with E-state index in [2.05, 4.69) is 20.9 Å². The molecule has 2 rings (SSSR count). The molecule has 0 amide bonds. The fourth-order valence-corrected chi connectivity index (χ4v) is 2.44. The number of nitrogens with one attached hydrogen (secondary N) is 1. The molecular formula is C11H10BrNOS. The predicted molar refractivity (Wildman–Crippen MR) is 68.8 cm³/mol. The van der Waals surface area contributed by atoms with Gasteiger partial charge in [0.2, 0.25) is 5.43 Å². The van der Waals surface area contributed by atoms with Crippen molar-refractivity contribution in [2.75, 3.05) is 6.26 Å². The van der Waals surface area contributed by atoms with Crippen molar-refractivity contribution in [3.05, 3.63) is 38.6 Å². The zero-order chi connectivity index (χ0) is 11.0. The van der Waals surface area contributed by atoms with Crippen LogP contribution in [-0.2, 0) is 0 Å². The molecule has 0 saturated carbocycles. The highest BCUT2D eigenvalue weighted by atomic mass is 79.9. The van der Waals surface area contributed by atoms with Crippen molar-refractivity contribution in [2.24, 2.45) is 0 Å². The molecule has 78 valence electrons. The highest BCUT2D eigenvalue weighted by molar-refractivity contribution is 9.10. The molecule has 0 unspecified atom stereocenters. The maximum atomic E-state index is 11.9. The average molecular weight is 284 g/mol. The van der Waals surface area contributed by atoms with E-state index in [1.165, 1.54) is 0 Å². The first-order valence-electron chi connectivity index (χ1n) is 4.50. The summed E-state index contributed by atoms with van der Waals surface area (Å²) in [4.78, 5) is 16.3. The lowest BCUT2D eigenvalue weighted by Crippen LogP contribution is -2.06. The first kappa shape index (κ1) is 10.8. The van der Waals surface area contributed by atoms with Crippen molar-refractivity contribution in [3.63, 3.8) is 0 Å². The van der Waals surface area contributed by atoms with Crippen molar-refractivity contribution in [2.45, 2.75) is 11.8 Å². The van der Waals surface area contributed by atoms with Gasteiger partial charge < -0.3 is 4.98 Å². The summed E-state index contributed by atoms with van der Waals surface area (Å²) in [5.41, 5.74) is 1.85. The molecule has 0 aliphatic heterocycles. The molecule has 2 aromatic rings. The Kier molecular flexibility index (Phi) is 2.89. The molecule has 1 aromatic heterocycles. The van der Waals surface area contributed by atoms with E-state index in [4.69, 9.17) is 0 Å². The van der Waals surface area contributed by atoms with E-state index in [1.807, 2.05) is 31.4 Å². The molecule has 0 aliphatic carbocycles. The van der Waals surface area contributed by atoms with Crippen LogP contribution in [0.4, 0.5) is 0 Å². The molecule has 0 fully saturated rings. The third-order valence-corrected chi connectivity index (χ3v) is 4.07. The van der Waals surface area contributed by atoms with Gasteiger partial charge in [-0.05, 0) is 41.2 Å². The van der Waals surface area contributed by atoms with Gasteiger partial charge in [-0.15, -0.1) is 11.8 Å².